The summed E-state index contributed by atoms with van der Waals surface area (Å²) in [7, 11) is 3.97. The fourth-order valence-electron chi connectivity index (χ4n) is 3.35. The largest absolute Gasteiger partial charge is 0.492 e. The van der Waals surface area contributed by atoms with Crippen LogP contribution in [0.5, 0.6) is 5.75 Å². The fourth-order valence-corrected chi connectivity index (χ4v) is 4.00. The Morgan fingerprint density at radius 3 is 2.79 bits per heavy atom. The van der Waals surface area contributed by atoms with E-state index in [2.05, 4.69) is 57.2 Å². The van der Waals surface area contributed by atoms with Gasteiger partial charge in [0, 0.05) is 44.3 Å². The van der Waals surface area contributed by atoms with Crippen molar-refractivity contribution in [3.8, 4) is 5.75 Å². The first kappa shape index (κ1) is 21.6. The monoisotopic (exact) mass is 416 g/mol. The third-order valence-electron chi connectivity index (χ3n) is 5.12. The second-order valence-electron chi connectivity index (χ2n) is 7.18. The van der Waals surface area contributed by atoms with Crippen LogP contribution in [-0.4, -0.2) is 57.4 Å². The molecule has 0 atom stereocenters. The van der Waals surface area contributed by atoms with Crippen molar-refractivity contribution in [1.29, 1.82) is 0 Å². The maximum Gasteiger partial charge on any atom is 0.191 e. The van der Waals surface area contributed by atoms with Crippen molar-refractivity contribution in [3.05, 3.63) is 52.2 Å². The standard InChI is InChI=1S/C22H32N4O2S/c1-23-22(25-17-21-7-4-14-29-21)24-16-18-5-3-6-20(15-18)28-13-10-26(2)19-8-11-27-12-9-19/h3-7,14-15,19H,8-13,16-17H2,1-2H3,(H2,23,24,25). The van der Waals surface area contributed by atoms with E-state index in [1.54, 1.807) is 18.4 Å². The van der Waals surface area contributed by atoms with Crippen LogP contribution in [0.2, 0.25) is 0 Å². The van der Waals surface area contributed by atoms with Gasteiger partial charge < -0.3 is 20.1 Å². The topological polar surface area (TPSA) is 58.1 Å². The number of hydrogen-bond acceptors (Lipinski definition) is 5. The summed E-state index contributed by atoms with van der Waals surface area (Å²) >= 11 is 1.74. The molecule has 2 aromatic rings. The van der Waals surface area contributed by atoms with Crippen molar-refractivity contribution >= 4 is 17.3 Å². The van der Waals surface area contributed by atoms with E-state index in [1.807, 2.05) is 12.1 Å². The van der Waals surface area contributed by atoms with E-state index in [0.717, 1.165) is 50.9 Å². The predicted molar refractivity (Wildman–Crippen MR) is 120 cm³/mol. The Balaban J connectivity index is 1.40. The molecule has 158 valence electrons. The maximum atomic E-state index is 5.99. The minimum absolute atomic E-state index is 0.608. The van der Waals surface area contributed by atoms with Gasteiger partial charge in [-0.3, -0.25) is 9.89 Å². The minimum Gasteiger partial charge on any atom is -0.492 e. The van der Waals surface area contributed by atoms with Crippen molar-refractivity contribution in [2.75, 3.05) is 40.5 Å². The van der Waals surface area contributed by atoms with Gasteiger partial charge in [-0.05, 0) is 49.0 Å². The summed E-state index contributed by atoms with van der Waals surface area (Å²) in [5.74, 6) is 1.70. The highest BCUT2D eigenvalue weighted by molar-refractivity contribution is 7.09. The Bertz CT molecular complexity index is 745. The van der Waals surface area contributed by atoms with Gasteiger partial charge in [0.2, 0.25) is 0 Å². The first-order chi connectivity index (χ1) is 14.2. The third-order valence-corrected chi connectivity index (χ3v) is 6.00. The molecule has 6 nitrogen and oxygen atoms in total. The van der Waals surface area contributed by atoms with Crippen LogP contribution in [0.15, 0.2) is 46.8 Å². The molecule has 1 aromatic carbocycles. The van der Waals surface area contributed by atoms with Crippen LogP contribution >= 0.6 is 11.3 Å². The molecule has 1 aliphatic rings. The van der Waals surface area contributed by atoms with E-state index in [4.69, 9.17) is 9.47 Å². The average Bonchev–Trinajstić information content (AvgIpc) is 3.28. The third kappa shape index (κ3) is 7.34. The Morgan fingerprint density at radius 1 is 1.21 bits per heavy atom. The Labute approximate surface area is 177 Å². The predicted octanol–water partition coefficient (Wildman–Crippen LogP) is 3.10. The highest BCUT2D eigenvalue weighted by Gasteiger charge is 2.17. The molecule has 29 heavy (non-hydrogen) atoms. The SMILES string of the molecule is CN=C(NCc1cccc(OCCN(C)C2CCOCC2)c1)NCc1cccs1. The number of likely N-dealkylation sites (N-methyl/N-ethyl adjacent to an activating group) is 1. The zero-order valence-electron chi connectivity index (χ0n) is 17.4. The number of thiophene rings is 1. The van der Waals surface area contributed by atoms with Crippen molar-refractivity contribution in [1.82, 2.24) is 15.5 Å². The summed E-state index contributed by atoms with van der Waals surface area (Å²) in [6.45, 7) is 4.83. The lowest BCUT2D eigenvalue weighted by Crippen LogP contribution is -2.38. The van der Waals surface area contributed by atoms with Gasteiger partial charge in [0.1, 0.15) is 12.4 Å². The number of hydrogen-bond donors (Lipinski definition) is 2. The number of nitrogens with zero attached hydrogens (tertiary/aromatic N) is 2. The van der Waals surface area contributed by atoms with Crippen LogP contribution in [0.4, 0.5) is 0 Å². The molecule has 1 saturated heterocycles. The number of nitrogens with one attached hydrogen (secondary N) is 2. The van der Waals surface area contributed by atoms with Crippen molar-refractivity contribution < 1.29 is 9.47 Å². The summed E-state index contributed by atoms with van der Waals surface area (Å²) < 4.78 is 11.4. The first-order valence-electron chi connectivity index (χ1n) is 10.2. The van der Waals surface area contributed by atoms with Gasteiger partial charge in [-0.2, -0.15) is 0 Å². The molecular weight excluding hydrogens is 384 g/mol. The molecule has 2 N–H and O–H groups in total. The van der Waals surface area contributed by atoms with Crippen LogP contribution < -0.4 is 15.4 Å². The summed E-state index contributed by atoms with van der Waals surface area (Å²) in [5.41, 5.74) is 1.17. The van der Waals surface area contributed by atoms with Crippen molar-refractivity contribution in [3.63, 3.8) is 0 Å². The van der Waals surface area contributed by atoms with Gasteiger partial charge in [0.25, 0.3) is 0 Å². The van der Waals surface area contributed by atoms with Gasteiger partial charge >= 0.3 is 0 Å². The molecule has 0 unspecified atom stereocenters. The first-order valence-corrected chi connectivity index (χ1v) is 11.1. The van der Waals surface area contributed by atoms with E-state index in [1.165, 1.54) is 10.4 Å². The Hall–Kier alpha value is -2.09. The quantitative estimate of drug-likeness (QED) is 0.486. The van der Waals surface area contributed by atoms with Gasteiger partial charge in [-0.15, -0.1) is 11.3 Å². The molecule has 7 heteroatoms. The number of benzene rings is 1. The smallest absolute Gasteiger partial charge is 0.191 e. The van der Waals surface area contributed by atoms with Gasteiger partial charge in [0.05, 0.1) is 6.54 Å². The number of guanidine groups is 1. The van der Waals surface area contributed by atoms with Gasteiger partial charge in [-0.25, -0.2) is 0 Å². The van der Waals surface area contributed by atoms with Crippen LogP contribution in [0.25, 0.3) is 0 Å². The maximum absolute atomic E-state index is 5.99. The number of aliphatic imine (C=N–C) groups is 1. The second kappa shape index (κ2) is 11.8. The van der Waals surface area contributed by atoms with Crippen LogP contribution in [0.1, 0.15) is 23.3 Å². The highest BCUT2D eigenvalue weighted by atomic mass is 32.1. The Morgan fingerprint density at radius 2 is 2.03 bits per heavy atom. The van der Waals surface area contributed by atoms with Gasteiger partial charge in [0.15, 0.2) is 5.96 Å². The molecule has 0 bridgehead atoms. The van der Waals surface area contributed by atoms with Crippen molar-refractivity contribution in [2.24, 2.45) is 4.99 Å². The number of ether oxygens (including phenoxy) is 2. The summed E-state index contributed by atoms with van der Waals surface area (Å²) in [6, 6.07) is 13.0. The summed E-state index contributed by atoms with van der Waals surface area (Å²) in [6.07, 6.45) is 2.22. The van der Waals surface area contributed by atoms with Gasteiger partial charge in [-0.1, -0.05) is 18.2 Å². The van der Waals surface area contributed by atoms with Crippen LogP contribution in [-0.2, 0) is 17.8 Å². The zero-order chi connectivity index (χ0) is 20.3. The molecule has 0 spiro atoms. The number of rotatable bonds is 9. The molecule has 2 heterocycles. The minimum atomic E-state index is 0.608. The molecule has 0 amide bonds. The normalized spacial score (nSPS) is 15.5. The fraction of sp³-hybridized carbons (Fsp3) is 0.500. The van der Waals surface area contributed by atoms with Crippen LogP contribution in [0, 0.1) is 0 Å². The molecule has 3 rings (SSSR count). The molecule has 1 aromatic heterocycles. The lowest BCUT2D eigenvalue weighted by atomic mass is 10.1. The molecule has 1 fully saturated rings. The van der Waals surface area contributed by atoms with E-state index < -0.39 is 0 Å². The summed E-state index contributed by atoms with van der Waals surface area (Å²) in [5, 5.41) is 8.78. The molecule has 1 aliphatic heterocycles. The second-order valence-corrected chi connectivity index (χ2v) is 8.21. The van der Waals surface area contributed by atoms with E-state index in [-0.39, 0.29) is 0 Å². The Kier molecular flexibility index (Phi) is 8.80. The summed E-state index contributed by atoms with van der Waals surface area (Å²) in [4.78, 5) is 7.96. The average molecular weight is 417 g/mol. The molecular formula is C22H32N4O2S. The highest BCUT2D eigenvalue weighted by Crippen LogP contribution is 2.15. The lowest BCUT2D eigenvalue weighted by molar-refractivity contribution is 0.0392. The van der Waals surface area contributed by atoms with E-state index >= 15 is 0 Å². The molecule has 0 aliphatic carbocycles. The van der Waals surface area contributed by atoms with E-state index in [9.17, 15) is 0 Å². The van der Waals surface area contributed by atoms with Crippen LogP contribution in [0.3, 0.4) is 0 Å². The van der Waals surface area contributed by atoms with E-state index in [0.29, 0.717) is 19.2 Å². The zero-order valence-corrected chi connectivity index (χ0v) is 18.2. The van der Waals surface area contributed by atoms with Crippen molar-refractivity contribution in [2.45, 2.75) is 32.0 Å². The molecule has 0 radical (unpaired) electrons. The molecule has 0 saturated carbocycles. The lowest BCUT2D eigenvalue weighted by Gasteiger charge is -2.31.